The number of hydrogen-bond donors (Lipinski definition) is 0. The molecule has 2 heteroatoms. The molecule has 1 aromatic carbocycles. The Balaban J connectivity index is 2.46. The van der Waals surface area contributed by atoms with Crippen LogP contribution in [0.3, 0.4) is 0 Å². The Kier molecular flexibility index (Phi) is 2.03. The molecule has 1 heterocycles. The summed E-state index contributed by atoms with van der Waals surface area (Å²) in [6.07, 6.45) is 1.06. The molecule has 1 atom stereocenters. The molecule has 13 heavy (non-hydrogen) atoms. The third kappa shape index (κ3) is 1.32. The number of hydrogen-bond acceptors (Lipinski definition) is 2. The highest BCUT2D eigenvalue weighted by Crippen LogP contribution is 2.27. The zero-order valence-electron chi connectivity index (χ0n) is 7.70. The fourth-order valence-corrected chi connectivity index (χ4v) is 1.86. The summed E-state index contributed by atoms with van der Waals surface area (Å²) < 4.78 is 0. The first-order chi connectivity index (χ1) is 6.33. The molecule has 0 aromatic heterocycles. The maximum Gasteiger partial charge on any atom is 0.123 e. The van der Waals surface area contributed by atoms with Gasteiger partial charge in [0.25, 0.3) is 0 Å². The third-order valence-corrected chi connectivity index (χ3v) is 2.65. The highest BCUT2D eigenvalue weighted by Gasteiger charge is 2.23. The lowest BCUT2D eigenvalue weighted by Gasteiger charge is -2.29. The Morgan fingerprint density at radius 2 is 2.23 bits per heavy atom. The second kappa shape index (κ2) is 3.20. The van der Waals surface area contributed by atoms with Gasteiger partial charge in [0.15, 0.2) is 0 Å². The van der Waals surface area contributed by atoms with Gasteiger partial charge < -0.3 is 0 Å². The molecule has 0 N–H and O–H groups in total. The first-order valence-electron chi connectivity index (χ1n) is 4.50. The van der Waals surface area contributed by atoms with E-state index in [0.29, 0.717) is 0 Å². The van der Waals surface area contributed by atoms with Crippen molar-refractivity contribution < 1.29 is 0 Å². The molecular weight excluding hydrogens is 160 g/mol. The van der Waals surface area contributed by atoms with E-state index < -0.39 is 0 Å². The Morgan fingerprint density at radius 1 is 1.46 bits per heavy atom. The topological polar surface area (TPSA) is 27.0 Å². The molecule has 2 nitrogen and oxygen atoms in total. The van der Waals surface area contributed by atoms with Crippen LogP contribution in [0.2, 0.25) is 0 Å². The normalized spacial score (nSPS) is 22.0. The molecule has 1 unspecified atom stereocenters. The van der Waals surface area contributed by atoms with Crippen molar-refractivity contribution in [1.82, 2.24) is 4.90 Å². The number of benzene rings is 1. The molecule has 0 spiro atoms. The maximum absolute atomic E-state index is 9.02. The Morgan fingerprint density at radius 3 is 3.00 bits per heavy atom. The summed E-state index contributed by atoms with van der Waals surface area (Å²) in [4.78, 5) is 2.10. The molecule has 1 aromatic rings. The van der Waals surface area contributed by atoms with E-state index in [1.54, 1.807) is 0 Å². The van der Waals surface area contributed by atoms with Crippen LogP contribution in [-0.4, -0.2) is 18.5 Å². The lowest BCUT2D eigenvalue weighted by Crippen LogP contribution is -2.31. The Hall–Kier alpha value is -1.33. The standard InChI is InChI=1S/C11H12N2/c1-13-7-6-9-4-2-3-5-10(9)11(13)8-12/h2-5,11H,6-7H2,1H3. The molecule has 0 fully saturated rings. The lowest BCUT2D eigenvalue weighted by atomic mass is 9.94. The predicted octanol–water partition coefficient (Wildman–Crippen LogP) is 1.74. The van der Waals surface area contributed by atoms with Gasteiger partial charge >= 0.3 is 0 Å². The van der Waals surface area contributed by atoms with Crippen molar-refractivity contribution in [1.29, 1.82) is 5.26 Å². The fourth-order valence-electron chi connectivity index (χ4n) is 1.86. The Bertz CT molecular complexity index is 351. The minimum Gasteiger partial charge on any atom is -0.287 e. The molecule has 0 radical (unpaired) electrons. The average Bonchev–Trinajstić information content (AvgIpc) is 2.18. The van der Waals surface area contributed by atoms with Crippen molar-refractivity contribution in [3.8, 4) is 6.07 Å². The van der Waals surface area contributed by atoms with Gasteiger partial charge in [0.1, 0.15) is 6.04 Å². The first kappa shape index (κ1) is 8.28. The first-order valence-corrected chi connectivity index (χ1v) is 4.50. The maximum atomic E-state index is 9.02. The van der Waals surface area contributed by atoms with E-state index >= 15 is 0 Å². The van der Waals surface area contributed by atoms with Crippen LogP contribution in [0, 0.1) is 11.3 Å². The van der Waals surface area contributed by atoms with Crippen LogP contribution >= 0.6 is 0 Å². The van der Waals surface area contributed by atoms with Gasteiger partial charge in [-0.2, -0.15) is 5.26 Å². The summed E-state index contributed by atoms with van der Waals surface area (Å²) in [6, 6.07) is 10.5. The molecule has 1 aliphatic rings. The van der Waals surface area contributed by atoms with Crippen LogP contribution in [-0.2, 0) is 6.42 Å². The molecule has 0 amide bonds. The van der Waals surface area contributed by atoms with Crippen LogP contribution in [0.1, 0.15) is 17.2 Å². The van der Waals surface area contributed by atoms with E-state index in [1.807, 2.05) is 19.2 Å². The SMILES string of the molecule is CN1CCc2ccccc2C1C#N. The minimum atomic E-state index is -0.0510. The van der Waals surface area contributed by atoms with Gasteiger partial charge in [-0.1, -0.05) is 24.3 Å². The van der Waals surface area contributed by atoms with E-state index in [-0.39, 0.29) is 6.04 Å². The quantitative estimate of drug-likeness (QED) is 0.596. The zero-order valence-corrected chi connectivity index (χ0v) is 7.70. The van der Waals surface area contributed by atoms with Gasteiger partial charge in [0.05, 0.1) is 6.07 Å². The lowest BCUT2D eigenvalue weighted by molar-refractivity contribution is 0.277. The van der Waals surface area contributed by atoms with Crippen LogP contribution in [0.25, 0.3) is 0 Å². The van der Waals surface area contributed by atoms with Crippen molar-refractivity contribution in [2.45, 2.75) is 12.5 Å². The highest BCUT2D eigenvalue weighted by atomic mass is 15.1. The molecular formula is C11H12N2. The van der Waals surface area contributed by atoms with Crippen LogP contribution in [0.4, 0.5) is 0 Å². The smallest absolute Gasteiger partial charge is 0.123 e. The number of fused-ring (bicyclic) bond motifs is 1. The molecule has 66 valence electrons. The van der Waals surface area contributed by atoms with Crippen LogP contribution in [0.15, 0.2) is 24.3 Å². The van der Waals surface area contributed by atoms with E-state index in [1.165, 1.54) is 11.1 Å². The predicted molar refractivity (Wildman–Crippen MR) is 51.1 cm³/mol. The van der Waals surface area contributed by atoms with Crippen molar-refractivity contribution >= 4 is 0 Å². The van der Waals surface area contributed by atoms with Crippen molar-refractivity contribution in [2.75, 3.05) is 13.6 Å². The summed E-state index contributed by atoms with van der Waals surface area (Å²) in [5.74, 6) is 0. The Labute approximate surface area is 78.4 Å². The monoisotopic (exact) mass is 172 g/mol. The summed E-state index contributed by atoms with van der Waals surface area (Å²) in [5.41, 5.74) is 2.51. The van der Waals surface area contributed by atoms with Crippen molar-refractivity contribution in [2.24, 2.45) is 0 Å². The van der Waals surface area contributed by atoms with Crippen molar-refractivity contribution in [3.63, 3.8) is 0 Å². The number of likely N-dealkylation sites (N-methyl/N-ethyl adjacent to an activating group) is 1. The average molecular weight is 172 g/mol. The van der Waals surface area contributed by atoms with Gasteiger partial charge in [0.2, 0.25) is 0 Å². The van der Waals surface area contributed by atoms with E-state index in [4.69, 9.17) is 5.26 Å². The number of nitrogens with zero attached hydrogens (tertiary/aromatic N) is 2. The molecule has 1 aliphatic heterocycles. The number of rotatable bonds is 0. The van der Waals surface area contributed by atoms with Gasteiger partial charge in [0, 0.05) is 6.54 Å². The van der Waals surface area contributed by atoms with E-state index in [0.717, 1.165) is 13.0 Å². The van der Waals surface area contributed by atoms with E-state index in [2.05, 4.69) is 23.1 Å². The van der Waals surface area contributed by atoms with Gasteiger partial charge in [-0.25, -0.2) is 0 Å². The fraction of sp³-hybridized carbons (Fsp3) is 0.364. The highest BCUT2D eigenvalue weighted by molar-refractivity contribution is 5.35. The third-order valence-electron chi connectivity index (χ3n) is 2.65. The molecule has 2 rings (SSSR count). The summed E-state index contributed by atoms with van der Waals surface area (Å²) >= 11 is 0. The summed E-state index contributed by atoms with van der Waals surface area (Å²) in [5, 5.41) is 9.02. The molecule has 0 aliphatic carbocycles. The molecule has 0 bridgehead atoms. The minimum absolute atomic E-state index is 0.0510. The largest absolute Gasteiger partial charge is 0.287 e. The second-order valence-corrected chi connectivity index (χ2v) is 3.46. The van der Waals surface area contributed by atoms with Gasteiger partial charge in [-0.3, -0.25) is 4.90 Å². The van der Waals surface area contributed by atoms with Gasteiger partial charge in [-0.05, 0) is 24.6 Å². The van der Waals surface area contributed by atoms with Crippen LogP contribution < -0.4 is 0 Å². The van der Waals surface area contributed by atoms with E-state index in [9.17, 15) is 0 Å². The zero-order chi connectivity index (χ0) is 9.26. The molecule has 0 saturated heterocycles. The summed E-state index contributed by atoms with van der Waals surface area (Å²) in [6.45, 7) is 0.981. The van der Waals surface area contributed by atoms with Gasteiger partial charge in [-0.15, -0.1) is 0 Å². The van der Waals surface area contributed by atoms with Crippen molar-refractivity contribution in [3.05, 3.63) is 35.4 Å². The number of nitriles is 1. The second-order valence-electron chi connectivity index (χ2n) is 3.46. The van der Waals surface area contributed by atoms with Crippen LogP contribution in [0.5, 0.6) is 0 Å². The molecule has 0 saturated carbocycles. The summed E-state index contributed by atoms with van der Waals surface area (Å²) in [7, 11) is 2.00.